The number of allylic oxidation sites excluding steroid dienone is 1. The van der Waals surface area contributed by atoms with Gasteiger partial charge in [0, 0.05) is 0 Å². The minimum Gasteiger partial charge on any atom is -0.478 e. The van der Waals surface area contributed by atoms with Crippen LogP contribution in [-0.2, 0) is 4.79 Å². The van der Waals surface area contributed by atoms with Gasteiger partial charge in [0.2, 0.25) is 0 Å². The number of rotatable bonds is 12. The number of carboxylic acid groups (broad SMARTS) is 1. The van der Waals surface area contributed by atoms with E-state index in [2.05, 4.69) is 6.92 Å². The van der Waals surface area contributed by atoms with Crippen molar-refractivity contribution in [2.24, 2.45) is 0 Å². The summed E-state index contributed by atoms with van der Waals surface area (Å²) in [5.74, 6) is -0.831. The number of carboxylic acids is 1. The van der Waals surface area contributed by atoms with Gasteiger partial charge in [-0.05, 0) is 18.4 Å². The molecular weight excluding hydrogens is 272 g/mol. The van der Waals surface area contributed by atoms with Crippen molar-refractivity contribution in [2.75, 3.05) is 0 Å². The van der Waals surface area contributed by atoms with E-state index >= 15 is 0 Å². The summed E-state index contributed by atoms with van der Waals surface area (Å²) in [6.45, 7) is 2.24. The highest BCUT2D eigenvalue weighted by Crippen LogP contribution is 2.17. The molecule has 0 unspecified atom stereocenters. The maximum Gasteiger partial charge on any atom is 0.335 e. The Bertz CT molecular complexity index is 434. The van der Waals surface area contributed by atoms with Gasteiger partial charge >= 0.3 is 5.97 Å². The molecule has 0 heterocycles. The van der Waals surface area contributed by atoms with E-state index in [4.69, 9.17) is 0 Å². The van der Waals surface area contributed by atoms with Crippen LogP contribution in [0.2, 0.25) is 0 Å². The SMILES string of the molecule is CCCCCCCCCCCC=C(C(=O)O)c1ccccc1. The molecule has 0 aliphatic rings. The van der Waals surface area contributed by atoms with Gasteiger partial charge in [-0.1, -0.05) is 94.7 Å². The van der Waals surface area contributed by atoms with Gasteiger partial charge in [0.1, 0.15) is 0 Å². The van der Waals surface area contributed by atoms with Crippen LogP contribution in [0, 0.1) is 0 Å². The Hall–Kier alpha value is -1.57. The van der Waals surface area contributed by atoms with Crippen molar-refractivity contribution < 1.29 is 9.90 Å². The average Bonchev–Trinajstić information content (AvgIpc) is 2.53. The normalized spacial score (nSPS) is 11.6. The quantitative estimate of drug-likeness (QED) is 0.375. The number of hydrogen-bond donors (Lipinski definition) is 1. The second kappa shape index (κ2) is 12.0. The summed E-state index contributed by atoms with van der Waals surface area (Å²) in [4.78, 5) is 11.3. The number of aliphatic carboxylic acids is 1. The third-order valence-electron chi connectivity index (χ3n) is 3.97. The van der Waals surface area contributed by atoms with Crippen molar-refractivity contribution in [1.82, 2.24) is 0 Å². The maximum atomic E-state index is 11.3. The van der Waals surface area contributed by atoms with Crippen molar-refractivity contribution in [2.45, 2.75) is 71.1 Å². The van der Waals surface area contributed by atoms with Crippen LogP contribution in [0.4, 0.5) is 0 Å². The van der Waals surface area contributed by atoms with Crippen LogP contribution in [0.15, 0.2) is 36.4 Å². The van der Waals surface area contributed by atoms with E-state index in [0.29, 0.717) is 5.57 Å². The maximum absolute atomic E-state index is 11.3. The van der Waals surface area contributed by atoms with E-state index in [-0.39, 0.29) is 0 Å². The Morgan fingerprint density at radius 2 is 1.45 bits per heavy atom. The zero-order valence-electron chi connectivity index (χ0n) is 13.9. The van der Waals surface area contributed by atoms with Crippen LogP contribution in [0.1, 0.15) is 76.7 Å². The molecule has 0 radical (unpaired) electrons. The fraction of sp³-hybridized carbons (Fsp3) is 0.550. The van der Waals surface area contributed by atoms with Gasteiger partial charge in [-0.15, -0.1) is 0 Å². The lowest BCUT2D eigenvalue weighted by Gasteiger charge is -2.03. The molecule has 2 nitrogen and oxygen atoms in total. The molecule has 0 fully saturated rings. The van der Waals surface area contributed by atoms with Crippen LogP contribution in [0.25, 0.3) is 5.57 Å². The number of hydrogen-bond acceptors (Lipinski definition) is 1. The third-order valence-corrected chi connectivity index (χ3v) is 3.97. The standard InChI is InChI=1S/C20H30O2/c1-2-3-4-5-6-7-8-9-10-14-17-19(20(21)22)18-15-12-11-13-16-18/h11-13,15-17H,2-10,14H2,1H3,(H,21,22). The molecule has 0 bridgehead atoms. The van der Waals surface area contributed by atoms with E-state index in [1.54, 1.807) is 0 Å². The molecule has 0 aromatic heterocycles. The minimum atomic E-state index is -0.831. The fourth-order valence-corrected chi connectivity index (χ4v) is 2.65. The highest BCUT2D eigenvalue weighted by Gasteiger charge is 2.08. The molecule has 1 aromatic rings. The summed E-state index contributed by atoms with van der Waals surface area (Å²) < 4.78 is 0. The monoisotopic (exact) mass is 302 g/mol. The first-order valence-corrected chi connectivity index (χ1v) is 8.74. The third kappa shape index (κ3) is 8.02. The van der Waals surface area contributed by atoms with E-state index in [1.807, 2.05) is 36.4 Å². The second-order valence-electron chi connectivity index (χ2n) is 5.91. The van der Waals surface area contributed by atoms with Gasteiger partial charge in [-0.25, -0.2) is 4.79 Å². The second-order valence-corrected chi connectivity index (χ2v) is 5.91. The van der Waals surface area contributed by atoms with Crippen molar-refractivity contribution in [3.05, 3.63) is 42.0 Å². The Kier molecular flexibility index (Phi) is 10.1. The first kappa shape index (κ1) is 18.5. The Morgan fingerprint density at radius 1 is 0.909 bits per heavy atom. The summed E-state index contributed by atoms with van der Waals surface area (Å²) in [6, 6.07) is 9.38. The topological polar surface area (TPSA) is 37.3 Å². The van der Waals surface area contributed by atoms with Gasteiger partial charge < -0.3 is 5.11 Å². The predicted molar refractivity (Wildman–Crippen MR) is 93.9 cm³/mol. The lowest BCUT2D eigenvalue weighted by atomic mass is 10.0. The molecule has 0 saturated carbocycles. The highest BCUT2D eigenvalue weighted by atomic mass is 16.4. The van der Waals surface area contributed by atoms with E-state index in [1.165, 1.54) is 51.4 Å². The summed E-state index contributed by atoms with van der Waals surface area (Å²) in [5, 5.41) is 9.30. The fourth-order valence-electron chi connectivity index (χ4n) is 2.65. The summed E-state index contributed by atoms with van der Waals surface area (Å²) in [6.07, 6.45) is 14.4. The molecule has 1 rings (SSSR count). The summed E-state index contributed by atoms with van der Waals surface area (Å²) in [7, 11) is 0. The zero-order valence-corrected chi connectivity index (χ0v) is 13.9. The number of carbonyl (C=O) groups is 1. The molecule has 22 heavy (non-hydrogen) atoms. The molecule has 1 aromatic carbocycles. The van der Waals surface area contributed by atoms with Gasteiger partial charge in [0.05, 0.1) is 5.57 Å². The van der Waals surface area contributed by atoms with Crippen LogP contribution in [0.3, 0.4) is 0 Å². The van der Waals surface area contributed by atoms with Crippen molar-refractivity contribution in [3.63, 3.8) is 0 Å². The van der Waals surface area contributed by atoms with Crippen LogP contribution in [-0.4, -0.2) is 11.1 Å². The van der Waals surface area contributed by atoms with Gasteiger partial charge in [0.25, 0.3) is 0 Å². The van der Waals surface area contributed by atoms with Gasteiger partial charge in [-0.2, -0.15) is 0 Å². The number of unbranched alkanes of at least 4 members (excludes halogenated alkanes) is 9. The first-order chi connectivity index (χ1) is 10.8. The van der Waals surface area contributed by atoms with Crippen LogP contribution < -0.4 is 0 Å². The Balaban J connectivity index is 2.19. The number of benzene rings is 1. The van der Waals surface area contributed by atoms with Gasteiger partial charge in [0.15, 0.2) is 0 Å². The highest BCUT2D eigenvalue weighted by molar-refractivity contribution is 6.15. The average molecular weight is 302 g/mol. The minimum absolute atomic E-state index is 0.431. The zero-order chi connectivity index (χ0) is 16.0. The molecule has 2 heteroatoms. The van der Waals surface area contributed by atoms with Crippen LogP contribution in [0.5, 0.6) is 0 Å². The van der Waals surface area contributed by atoms with Crippen molar-refractivity contribution in [3.8, 4) is 0 Å². The molecule has 0 atom stereocenters. The Labute approximate surface area is 135 Å². The lowest BCUT2D eigenvalue weighted by Crippen LogP contribution is -1.99. The largest absolute Gasteiger partial charge is 0.478 e. The first-order valence-electron chi connectivity index (χ1n) is 8.74. The van der Waals surface area contributed by atoms with Gasteiger partial charge in [-0.3, -0.25) is 0 Å². The van der Waals surface area contributed by atoms with Crippen LogP contribution >= 0.6 is 0 Å². The smallest absolute Gasteiger partial charge is 0.335 e. The molecule has 1 N–H and O–H groups in total. The molecule has 0 amide bonds. The predicted octanol–water partition coefficient (Wildman–Crippen LogP) is 6.08. The molecule has 0 saturated heterocycles. The van der Waals surface area contributed by atoms with Crippen molar-refractivity contribution in [1.29, 1.82) is 0 Å². The van der Waals surface area contributed by atoms with E-state index < -0.39 is 5.97 Å². The van der Waals surface area contributed by atoms with Crippen molar-refractivity contribution >= 4 is 11.5 Å². The summed E-state index contributed by atoms with van der Waals surface area (Å²) >= 11 is 0. The lowest BCUT2D eigenvalue weighted by molar-refractivity contribution is -0.130. The Morgan fingerprint density at radius 3 is 2.00 bits per heavy atom. The molecule has 0 aliphatic heterocycles. The van der Waals surface area contributed by atoms with E-state index in [0.717, 1.165) is 18.4 Å². The van der Waals surface area contributed by atoms with E-state index in [9.17, 15) is 9.90 Å². The molecular formula is C20H30O2. The molecule has 122 valence electrons. The summed E-state index contributed by atoms with van der Waals surface area (Å²) in [5.41, 5.74) is 1.23. The molecule has 0 spiro atoms. The molecule has 0 aliphatic carbocycles.